The predicted octanol–water partition coefficient (Wildman–Crippen LogP) is 6.45. The summed E-state index contributed by atoms with van der Waals surface area (Å²) in [5.74, 6) is -1.63. The number of thiazole rings is 1. The monoisotopic (exact) mass is 519 g/mol. The van der Waals surface area contributed by atoms with Crippen LogP contribution in [0.4, 0.5) is 10.8 Å². The molecule has 0 spiro atoms. The standard InChI is InChI=1S/C31H25N3O3S/c1-18-11-16-24-25(17-18)38-31(32-24)34-27(20-12-14-21(15-13-20)33(2)3)26(29(36)30(34)37)28(35)23-10-6-8-19-7-4-5-9-22(19)23/h4-17,27,35H,1-3H3/b28-26+. The Kier molecular flexibility index (Phi) is 5.73. The summed E-state index contributed by atoms with van der Waals surface area (Å²) >= 11 is 1.36. The zero-order chi connectivity index (χ0) is 26.6. The number of carbonyl (C=O) groups excluding carboxylic acids is 2. The first-order valence-electron chi connectivity index (χ1n) is 12.3. The van der Waals surface area contributed by atoms with E-state index >= 15 is 0 Å². The van der Waals surface area contributed by atoms with Crippen molar-refractivity contribution in [3.63, 3.8) is 0 Å². The molecule has 0 radical (unpaired) electrons. The van der Waals surface area contributed by atoms with Crippen LogP contribution < -0.4 is 9.80 Å². The molecule has 7 heteroatoms. The fourth-order valence-electron chi connectivity index (χ4n) is 5.00. The fourth-order valence-corrected chi connectivity index (χ4v) is 6.09. The maximum Gasteiger partial charge on any atom is 0.301 e. The zero-order valence-corrected chi connectivity index (χ0v) is 22.0. The molecule has 188 valence electrons. The summed E-state index contributed by atoms with van der Waals surface area (Å²) in [6.45, 7) is 2.00. The molecule has 2 heterocycles. The average molecular weight is 520 g/mol. The molecule has 1 N–H and O–H groups in total. The Morgan fingerprint density at radius 2 is 1.68 bits per heavy atom. The Morgan fingerprint density at radius 3 is 2.45 bits per heavy atom. The summed E-state index contributed by atoms with van der Waals surface area (Å²) < 4.78 is 0.928. The fraction of sp³-hybridized carbons (Fsp3) is 0.129. The SMILES string of the molecule is Cc1ccc2nc(N3C(=O)C(=O)/C(=C(/O)c4cccc5ccccc45)C3c3ccc(N(C)C)cc3)sc2c1. The summed E-state index contributed by atoms with van der Waals surface area (Å²) in [6.07, 6.45) is 0. The molecular formula is C31H25N3O3S. The molecule has 0 bridgehead atoms. The summed E-state index contributed by atoms with van der Waals surface area (Å²) in [6, 6.07) is 26.0. The van der Waals surface area contributed by atoms with Gasteiger partial charge in [0.25, 0.3) is 5.78 Å². The Balaban J connectivity index is 1.59. The number of hydrogen-bond donors (Lipinski definition) is 1. The van der Waals surface area contributed by atoms with Crippen LogP contribution in [0.2, 0.25) is 0 Å². The van der Waals surface area contributed by atoms with Gasteiger partial charge < -0.3 is 10.0 Å². The van der Waals surface area contributed by atoms with Crippen molar-refractivity contribution in [3.8, 4) is 0 Å². The van der Waals surface area contributed by atoms with Crippen molar-refractivity contribution in [1.82, 2.24) is 4.98 Å². The quantitative estimate of drug-likeness (QED) is 0.168. The third-order valence-corrected chi connectivity index (χ3v) is 7.97. The van der Waals surface area contributed by atoms with Crippen LogP contribution in [0.25, 0.3) is 26.7 Å². The molecule has 1 amide bonds. The van der Waals surface area contributed by atoms with Gasteiger partial charge in [-0.1, -0.05) is 72.0 Å². The van der Waals surface area contributed by atoms with Gasteiger partial charge in [0.2, 0.25) is 0 Å². The Bertz CT molecular complexity index is 1760. The number of carbonyl (C=O) groups is 2. The van der Waals surface area contributed by atoms with E-state index in [1.807, 2.05) is 105 Å². The summed E-state index contributed by atoms with van der Waals surface area (Å²) in [7, 11) is 3.90. The van der Waals surface area contributed by atoms with Crippen molar-refractivity contribution >= 4 is 60.6 Å². The third kappa shape index (κ3) is 3.83. The molecular weight excluding hydrogens is 494 g/mol. The lowest BCUT2D eigenvalue weighted by Gasteiger charge is -2.24. The van der Waals surface area contributed by atoms with Crippen LogP contribution in [0, 0.1) is 6.92 Å². The first-order chi connectivity index (χ1) is 18.3. The van der Waals surface area contributed by atoms with Crippen molar-refractivity contribution in [1.29, 1.82) is 0 Å². The molecule has 1 saturated heterocycles. The van der Waals surface area contributed by atoms with Crippen molar-refractivity contribution in [2.75, 3.05) is 23.9 Å². The summed E-state index contributed by atoms with van der Waals surface area (Å²) in [5, 5.41) is 13.8. The molecule has 1 atom stereocenters. The molecule has 1 unspecified atom stereocenters. The third-order valence-electron chi connectivity index (χ3n) is 6.95. The van der Waals surface area contributed by atoms with E-state index in [1.54, 1.807) is 6.07 Å². The average Bonchev–Trinajstić information content (AvgIpc) is 3.45. The van der Waals surface area contributed by atoms with Crippen molar-refractivity contribution < 1.29 is 14.7 Å². The smallest absolute Gasteiger partial charge is 0.301 e. The molecule has 1 aliphatic heterocycles. The van der Waals surface area contributed by atoms with Crippen LogP contribution in [0.15, 0.2) is 90.5 Å². The van der Waals surface area contributed by atoms with Gasteiger partial charge >= 0.3 is 5.91 Å². The minimum absolute atomic E-state index is 0.0550. The topological polar surface area (TPSA) is 73.7 Å². The lowest BCUT2D eigenvalue weighted by atomic mass is 9.93. The molecule has 38 heavy (non-hydrogen) atoms. The summed E-state index contributed by atoms with van der Waals surface area (Å²) in [4.78, 5) is 35.4. The maximum absolute atomic E-state index is 13.6. The van der Waals surface area contributed by atoms with E-state index in [0.717, 1.165) is 32.2 Å². The minimum Gasteiger partial charge on any atom is -0.507 e. The number of rotatable bonds is 4. The number of aryl methyl sites for hydroxylation is 1. The normalized spacial score (nSPS) is 17.0. The van der Waals surface area contributed by atoms with Crippen LogP contribution in [0.3, 0.4) is 0 Å². The molecule has 0 saturated carbocycles. The van der Waals surface area contributed by atoms with Crippen molar-refractivity contribution in [3.05, 3.63) is 107 Å². The Labute approximate surface area is 224 Å². The van der Waals surface area contributed by atoms with Gasteiger partial charge in [-0.3, -0.25) is 14.5 Å². The van der Waals surface area contributed by atoms with Crippen LogP contribution in [0.5, 0.6) is 0 Å². The molecule has 4 aromatic carbocycles. The molecule has 0 aliphatic carbocycles. The first-order valence-corrected chi connectivity index (χ1v) is 13.1. The van der Waals surface area contributed by atoms with E-state index in [9.17, 15) is 14.7 Å². The van der Waals surface area contributed by atoms with Gasteiger partial charge in [-0.2, -0.15) is 0 Å². The molecule has 6 rings (SSSR count). The number of amides is 1. The summed E-state index contributed by atoms with van der Waals surface area (Å²) in [5.41, 5.74) is 4.10. The van der Waals surface area contributed by atoms with E-state index in [2.05, 4.69) is 0 Å². The van der Waals surface area contributed by atoms with E-state index in [4.69, 9.17) is 4.98 Å². The zero-order valence-electron chi connectivity index (χ0n) is 21.2. The van der Waals surface area contributed by atoms with Crippen LogP contribution in [0.1, 0.15) is 22.7 Å². The second-order valence-electron chi connectivity index (χ2n) is 9.65. The lowest BCUT2D eigenvalue weighted by molar-refractivity contribution is -0.132. The van der Waals surface area contributed by atoms with Gasteiger partial charge in [0, 0.05) is 25.3 Å². The maximum atomic E-state index is 13.6. The van der Waals surface area contributed by atoms with Gasteiger partial charge in [0.1, 0.15) is 5.76 Å². The highest BCUT2D eigenvalue weighted by molar-refractivity contribution is 7.22. The number of benzene rings is 4. The minimum atomic E-state index is -0.827. The lowest BCUT2D eigenvalue weighted by Crippen LogP contribution is -2.29. The Morgan fingerprint density at radius 1 is 0.947 bits per heavy atom. The van der Waals surface area contributed by atoms with E-state index in [1.165, 1.54) is 16.2 Å². The highest BCUT2D eigenvalue weighted by Crippen LogP contribution is 2.45. The van der Waals surface area contributed by atoms with E-state index in [0.29, 0.717) is 16.3 Å². The molecule has 5 aromatic rings. The van der Waals surface area contributed by atoms with Crippen LogP contribution in [-0.4, -0.2) is 35.9 Å². The van der Waals surface area contributed by atoms with E-state index in [-0.39, 0.29) is 11.3 Å². The second kappa shape index (κ2) is 9.11. The highest BCUT2D eigenvalue weighted by atomic mass is 32.1. The number of aliphatic hydroxyl groups is 1. The Hall–Kier alpha value is -4.49. The number of Topliss-reactive ketones (excluding diaryl/α,β-unsaturated/α-hetero) is 1. The van der Waals surface area contributed by atoms with Crippen LogP contribution >= 0.6 is 11.3 Å². The van der Waals surface area contributed by atoms with Crippen molar-refractivity contribution in [2.24, 2.45) is 0 Å². The predicted molar refractivity (Wildman–Crippen MR) is 154 cm³/mol. The second-order valence-corrected chi connectivity index (χ2v) is 10.7. The molecule has 6 nitrogen and oxygen atoms in total. The van der Waals surface area contributed by atoms with Gasteiger partial charge in [-0.05, 0) is 53.1 Å². The number of ketones is 1. The van der Waals surface area contributed by atoms with E-state index < -0.39 is 17.7 Å². The van der Waals surface area contributed by atoms with Gasteiger partial charge in [-0.25, -0.2) is 4.98 Å². The highest BCUT2D eigenvalue weighted by Gasteiger charge is 2.48. The first kappa shape index (κ1) is 23.9. The van der Waals surface area contributed by atoms with Crippen molar-refractivity contribution in [2.45, 2.75) is 13.0 Å². The largest absolute Gasteiger partial charge is 0.507 e. The van der Waals surface area contributed by atoms with Gasteiger partial charge in [0.15, 0.2) is 5.13 Å². The number of aliphatic hydroxyl groups excluding tert-OH is 1. The number of nitrogens with zero attached hydrogens (tertiary/aromatic N) is 3. The molecule has 1 fully saturated rings. The van der Waals surface area contributed by atoms with Gasteiger partial charge in [-0.15, -0.1) is 0 Å². The van der Waals surface area contributed by atoms with Crippen LogP contribution in [-0.2, 0) is 9.59 Å². The number of fused-ring (bicyclic) bond motifs is 2. The molecule has 1 aliphatic rings. The number of anilines is 2. The molecule has 1 aromatic heterocycles. The van der Waals surface area contributed by atoms with Gasteiger partial charge in [0.05, 0.1) is 21.8 Å². The number of hydrogen-bond acceptors (Lipinski definition) is 6. The number of aromatic nitrogens is 1.